The first-order chi connectivity index (χ1) is 30.2. The van der Waals surface area contributed by atoms with Crippen LogP contribution < -0.4 is 0 Å². The van der Waals surface area contributed by atoms with Crippen LogP contribution in [-0.4, -0.2) is 19.6 Å². The van der Waals surface area contributed by atoms with Gasteiger partial charge in [-0.3, -0.25) is 9.55 Å². The SMILES string of the molecule is [2H]C(C)(C)c1ccc(-c2ccnc(-c3[c-]c(-c4cccc5c4nc(-c4cc(C(C)C)cc(C(C)C)c4O)n5-c4ccc(C(C)(C)C)cc4-c4ccccc4)cc(C(C)(C)C)c3)c2)cc1.[Pt]. The van der Waals surface area contributed by atoms with Gasteiger partial charge in [-0.2, -0.15) is 0 Å². The predicted octanol–water partition coefficient (Wildman–Crippen LogP) is 16.2. The summed E-state index contributed by atoms with van der Waals surface area (Å²) in [4.78, 5) is 10.5. The van der Waals surface area contributed by atoms with E-state index in [4.69, 9.17) is 11.3 Å². The summed E-state index contributed by atoms with van der Waals surface area (Å²) in [5, 5.41) is 12.3. The summed E-state index contributed by atoms with van der Waals surface area (Å²) in [5.41, 5.74) is 16.6. The number of phenols is 1. The number of aromatic hydroxyl groups is 1. The van der Waals surface area contributed by atoms with Crippen LogP contribution >= 0.6 is 0 Å². The van der Waals surface area contributed by atoms with Gasteiger partial charge in [-0.25, -0.2) is 4.98 Å². The first-order valence-corrected chi connectivity index (χ1v) is 22.4. The molecule has 8 rings (SSSR count). The van der Waals surface area contributed by atoms with Crippen molar-refractivity contribution < 1.29 is 27.5 Å². The molecule has 0 spiro atoms. The Morgan fingerprint density at radius 1 is 0.594 bits per heavy atom. The van der Waals surface area contributed by atoms with Crippen molar-refractivity contribution >= 4 is 11.0 Å². The van der Waals surface area contributed by atoms with Gasteiger partial charge in [-0.05, 0) is 97.8 Å². The van der Waals surface area contributed by atoms with Crippen LogP contribution in [0.25, 0.3) is 72.7 Å². The Morgan fingerprint density at radius 2 is 1.28 bits per heavy atom. The molecule has 6 aromatic carbocycles. The maximum atomic E-state index is 12.3. The minimum absolute atomic E-state index is 0. The third kappa shape index (κ3) is 9.18. The molecule has 2 heterocycles. The van der Waals surface area contributed by atoms with E-state index in [-0.39, 0.29) is 49.5 Å². The Hall–Kier alpha value is -5.57. The van der Waals surface area contributed by atoms with E-state index in [0.29, 0.717) is 11.4 Å². The maximum Gasteiger partial charge on any atom is 0.148 e. The van der Waals surface area contributed by atoms with Crippen molar-refractivity contribution in [3.63, 3.8) is 0 Å². The smallest absolute Gasteiger partial charge is 0.148 e. The third-order valence-corrected chi connectivity index (χ3v) is 12.4. The average molecular weight is 1030 g/mol. The number of pyridine rings is 1. The first-order valence-electron chi connectivity index (χ1n) is 22.9. The maximum absolute atomic E-state index is 12.3. The standard InChI is InChI=1S/C59H62N3O.Pt/c1-36(2)39-21-23-40(24-22-39)42-27-28-60-52(34-42)45-29-44(30-47(31-45)59(10,11)12)48-19-16-20-54-55(48)61-57(51-33-43(37(3)4)32-49(38(5)6)56(51)63)62(54)53-26-25-46(58(7,8)9)35-50(53)41-17-14-13-15-18-41;/h13-28,30-38,63H,1-12H3;/q-1;/i36D;. The van der Waals surface area contributed by atoms with E-state index in [1.54, 1.807) is 0 Å². The number of benzene rings is 6. The Bertz CT molecular complexity index is 3000. The summed E-state index contributed by atoms with van der Waals surface area (Å²) in [5.74, 6) is 0.624. The topological polar surface area (TPSA) is 50.9 Å². The molecule has 330 valence electrons. The number of para-hydroxylation sites is 1. The Labute approximate surface area is 397 Å². The van der Waals surface area contributed by atoms with Crippen LogP contribution in [0.15, 0.2) is 134 Å². The van der Waals surface area contributed by atoms with Gasteiger partial charge in [-0.15, -0.1) is 29.3 Å². The molecule has 0 aliphatic heterocycles. The largest absolute Gasteiger partial charge is 0.507 e. The number of imidazole rings is 1. The molecule has 0 fully saturated rings. The van der Waals surface area contributed by atoms with Crippen molar-refractivity contribution in [2.75, 3.05) is 0 Å². The zero-order chi connectivity index (χ0) is 45.9. The van der Waals surface area contributed by atoms with E-state index in [2.05, 4.69) is 189 Å². The number of phenolic OH excluding ortho intramolecular Hbond substituents is 1. The van der Waals surface area contributed by atoms with Gasteiger partial charge in [0.2, 0.25) is 0 Å². The first kappa shape index (κ1) is 45.0. The van der Waals surface area contributed by atoms with Crippen LogP contribution in [0, 0.1) is 6.07 Å². The van der Waals surface area contributed by atoms with E-state index in [0.717, 1.165) is 83.6 Å². The second kappa shape index (κ2) is 18.1. The summed E-state index contributed by atoms with van der Waals surface area (Å²) in [6, 6.07) is 48.9. The fraction of sp³-hybridized carbons (Fsp3) is 0.288. The van der Waals surface area contributed by atoms with Gasteiger partial charge in [0, 0.05) is 39.9 Å². The molecule has 0 saturated carbocycles. The Balaban J connectivity index is 0.00000630. The predicted molar refractivity (Wildman–Crippen MR) is 266 cm³/mol. The second-order valence-electron chi connectivity index (χ2n) is 20.1. The van der Waals surface area contributed by atoms with E-state index in [9.17, 15) is 5.11 Å². The molecule has 0 amide bonds. The molecule has 0 aliphatic rings. The minimum Gasteiger partial charge on any atom is -0.507 e. The number of hydrogen-bond acceptors (Lipinski definition) is 3. The zero-order valence-corrected chi connectivity index (χ0v) is 41.7. The van der Waals surface area contributed by atoms with E-state index >= 15 is 0 Å². The number of nitrogens with zero attached hydrogens (tertiary/aromatic N) is 3. The quantitative estimate of drug-likeness (QED) is 0.147. The molecule has 5 heteroatoms. The molecule has 0 radical (unpaired) electrons. The van der Waals surface area contributed by atoms with Gasteiger partial charge in [0.05, 0.1) is 22.3 Å². The number of fused-ring (bicyclic) bond motifs is 1. The summed E-state index contributed by atoms with van der Waals surface area (Å²) in [6.45, 7) is 26.0. The minimum atomic E-state index is -0.670. The van der Waals surface area contributed by atoms with Crippen molar-refractivity contribution in [1.82, 2.24) is 14.5 Å². The molecular weight excluding hydrogens is 962 g/mol. The average Bonchev–Trinajstić information content (AvgIpc) is 3.65. The van der Waals surface area contributed by atoms with Gasteiger partial charge < -0.3 is 5.11 Å². The van der Waals surface area contributed by atoms with Crippen molar-refractivity contribution in [3.8, 4) is 67.5 Å². The number of aromatic nitrogens is 3. The van der Waals surface area contributed by atoms with Crippen molar-refractivity contribution in [1.29, 1.82) is 0 Å². The molecule has 0 unspecified atom stereocenters. The molecule has 0 saturated heterocycles. The van der Waals surface area contributed by atoms with Gasteiger partial charge in [-0.1, -0.05) is 179 Å². The third-order valence-electron chi connectivity index (χ3n) is 12.4. The van der Waals surface area contributed by atoms with Crippen LogP contribution in [0.1, 0.15) is 130 Å². The second-order valence-corrected chi connectivity index (χ2v) is 20.1. The molecule has 2 aromatic heterocycles. The molecular formula is C59H62N3OPt-. The van der Waals surface area contributed by atoms with Crippen LogP contribution in [0.5, 0.6) is 5.75 Å². The van der Waals surface area contributed by atoms with Crippen molar-refractivity contribution in [2.24, 2.45) is 0 Å². The van der Waals surface area contributed by atoms with Crippen LogP contribution in [0.2, 0.25) is 0 Å². The molecule has 4 nitrogen and oxygen atoms in total. The van der Waals surface area contributed by atoms with E-state index in [1.165, 1.54) is 5.56 Å². The van der Waals surface area contributed by atoms with Crippen LogP contribution in [-0.2, 0) is 31.9 Å². The summed E-state index contributed by atoms with van der Waals surface area (Å²) >= 11 is 0. The Morgan fingerprint density at radius 3 is 1.92 bits per heavy atom. The molecule has 0 bridgehead atoms. The summed E-state index contributed by atoms with van der Waals surface area (Å²) in [6.07, 6.45) is 1.87. The van der Waals surface area contributed by atoms with Gasteiger partial charge >= 0.3 is 0 Å². The monoisotopic (exact) mass is 1020 g/mol. The van der Waals surface area contributed by atoms with Crippen molar-refractivity contribution in [2.45, 2.75) is 112 Å². The normalized spacial score (nSPS) is 12.5. The van der Waals surface area contributed by atoms with Gasteiger partial charge in [0.1, 0.15) is 11.6 Å². The summed E-state index contributed by atoms with van der Waals surface area (Å²) in [7, 11) is 0. The van der Waals surface area contributed by atoms with Gasteiger partial charge in [0.15, 0.2) is 0 Å². The number of rotatable bonds is 9. The van der Waals surface area contributed by atoms with E-state index in [1.807, 2.05) is 38.2 Å². The van der Waals surface area contributed by atoms with Gasteiger partial charge in [0.25, 0.3) is 0 Å². The van der Waals surface area contributed by atoms with Crippen LogP contribution in [0.3, 0.4) is 0 Å². The molecule has 0 aliphatic carbocycles. The summed E-state index contributed by atoms with van der Waals surface area (Å²) < 4.78 is 10.8. The molecule has 64 heavy (non-hydrogen) atoms. The van der Waals surface area contributed by atoms with Crippen LogP contribution in [0.4, 0.5) is 0 Å². The molecule has 1 N–H and O–H groups in total. The molecule has 8 aromatic rings. The molecule has 0 atom stereocenters. The van der Waals surface area contributed by atoms with Crippen molar-refractivity contribution in [3.05, 3.63) is 167 Å². The zero-order valence-electron chi connectivity index (χ0n) is 40.5. The van der Waals surface area contributed by atoms with E-state index < -0.39 is 5.89 Å². The number of hydrogen-bond donors (Lipinski definition) is 1. The fourth-order valence-electron chi connectivity index (χ4n) is 8.45. The fourth-order valence-corrected chi connectivity index (χ4v) is 8.45. The Kier molecular flexibility index (Phi) is 12.8.